The number of halogens is 1. The zero-order chi connectivity index (χ0) is 9.97. The average Bonchev–Trinajstić information content (AvgIpc) is 2.51. The first-order chi connectivity index (χ1) is 6.74. The van der Waals surface area contributed by atoms with Crippen molar-refractivity contribution in [3.8, 4) is 0 Å². The Hall–Kier alpha value is -0.460. The van der Waals surface area contributed by atoms with Gasteiger partial charge in [-0.25, -0.2) is 15.0 Å². The van der Waals surface area contributed by atoms with Crippen molar-refractivity contribution in [2.75, 3.05) is 0 Å². The Morgan fingerprint density at radius 3 is 2.93 bits per heavy atom. The van der Waals surface area contributed by atoms with Crippen LogP contribution in [-0.2, 0) is 0 Å². The Labute approximate surface area is 98.1 Å². The molecule has 0 spiro atoms. The van der Waals surface area contributed by atoms with E-state index >= 15 is 0 Å². The topological polar surface area (TPSA) is 38.7 Å². The largest absolute Gasteiger partial charge is 0.231 e. The van der Waals surface area contributed by atoms with Crippen LogP contribution in [0.1, 0.15) is 5.69 Å². The standard InChI is InChI=1S/C8H6BrN3S2/c1-5-2-3-10-7(11-5)14-8-12-6(9)4-13-8/h2-4H,1H3. The van der Waals surface area contributed by atoms with Crippen molar-refractivity contribution >= 4 is 39.0 Å². The highest BCUT2D eigenvalue weighted by Gasteiger charge is 2.04. The predicted octanol–water partition coefficient (Wildman–Crippen LogP) is 3.16. The Kier molecular flexibility index (Phi) is 3.15. The summed E-state index contributed by atoms with van der Waals surface area (Å²) in [5.41, 5.74) is 0.970. The number of hydrogen-bond donors (Lipinski definition) is 0. The van der Waals surface area contributed by atoms with Gasteiger partial charge in [-0.05, 0) is 40.7 Å². The minimum Gasteiger partial charge on any atom is -0.231 e. The smallest absolute Gasteiger partial charge is 0.194 e. The Bertz CT molecular complexity index is 444. The van der Waals surface area contributed by atoms with Gasteiger partial charge in [-0.3, -0.25) is 0 Å². The molecule has 0 N–H and O–H groups in total. The van der Waals surface area contributed by atoms with Crippen molar-refractivity contribution < 1.29 is 0 Å². The molecule has 0 saturated heterocycles. The van der Waals surface area contributed by atoms with Crippen LogP contribution in [-0.4, -0.2) is 15.0 Å². The summed E-state index contributed by atoms with van der Waals surface area (Å²) in [7, 11) is 0. The van der Waals surface area contributed by atoms with E-state index in [1.54, 1.807) is 17.5 Å². The number of aromatic nitrogens is 3. The van der Waals surface area contributed by atoms with Gasteiger partial charge in [0.05, 0.1) is 0 Å². The van der Waals surface area contributed by atoms with Crippen molar-refractivity contribution in [3.05, 3.63) is 27.9 Å². The van der Waals surface area contributed by atoms with Gasteiger partial charge < -0.3 is 0 Å². The molecule has 3 nitrogen and oxygen atoms in total. The molecule has 0 atom stereocenters. The van der Waals surface area contributed by atoms with E-state index in [-0.39, 0.29) is 0 Å². The maximum Gasteiger partial charge on any atom is 0.194 e. The van der Waals surface area contributed by atoms with E-state index < -0.39 is 0 Å². The van der Waals surface area contributed by atoms with Crippen LogP contribution in [0.4, 0.5) is 0 Å². The summed E-state index contributed by atoms with van der Waals surface area (Å²) in [6.07, 6.45) is 1.76. The van der Waals surface area contributed by atoms with Gasteiger partial charge in [0.2, 0.25) is 0 Å². The highest BCUT2D eigenvalue weighted by molar-refractivity contribution is 9.10. The first-order valence-corrected chi connectivity index (χ1v) is 6.31. The SMILES string of the molecule is Cc1ccnc(Sc2nc(Br)cs2)n1. The average molecular weight is 288 g/mol. The van der Waals surface area contributed by atoms with Gasteiger partial charge in [-0.1, -0.05) is 0 Å². The normalized spacial score (nSPS) is 10.4. The molecule has 2 rings (SSSR count). The molecule has 0 amide bonds. The second-order valence-corrected chi connectivity index (χ2v) is 5.40. The summed E-state index contributed by atoms with van der Waals surface area (Å²) in [6.45, 7) is 1.95. The van der Waals surface area contributed by atoms with Crippen molar-refractivity contribution in [2.45, 2.75) is 16.4 Å². The third kappa shape index (κ3) is 2.52. The van der Waals surface area contributed by atoms with E-state index in [0.29, 0.717) is 0 Å². The molecule has 2 heterocycles. The minimum absolute atomic E-state index is 0.742. The van der Waals surface area contributed by atoms with Gasteiger partial charge in [-0.2, -0.15) is 0 Å². The zero-order valence-corrected chi connectivity index (χ0v) is 10.5. The summed E-state index contributed by atoms with van der Waals surface area (Å²) in [5, 5.41) is 2.69. The number of nitrogens with zero attached hydrogens (tertiary/aromatic N) is 3. The second-order valence-electron chi connectivity index (χ2n) is 2.52. The first kappa shape index (κ1) is 10.1. The summed E-state index contributed by atoms with van der Waals surface area (Å²) < 4.78 is 1.81. The van der Waals surface area contributed by atoms with Gasteiger partial charge in [0.15, 0.2) is 9.50 Å². The van der Waals surface area contributed by atoms with Crippen LogP contribution in [0.3, 0.4) is 0 Å². The van der Waals surface area contributed by atoms with Crippen LogP contribution in [0.25, 0.3) is 0 Å². The summed E-state index contributed by atoms with van der Waals surface area (Å²) in [5.74, 6) is 0. The molecule has 6 heteroatoms. The fraction of sp³-hybridized carbons (Fsp3) is 0.125. The van der Waals surface area contributed by atoms with Crippen molar-refractivity contribution in [3.63, 3.8) is 0 Å². The van der Waals surface area contributed by atoms with Crippen LogP contribution in [0, 0.1) is 6.92 Å². The fourth-order valence-corrected chi connectivity index (χ4v) is 3.10. The third-order valence-corrected chi connectivity index (χ3v) is 3.93. The molecule has 0 aromatic carbocycles. The lowest BCUT2D eigenvalue weighted by Gasteiger charge is -1.95. The molecule has 0 unspecified atom stereocenters. The molecular weight excluding hydrogens is 282 g/mol. The highest BCUT2D eigenvalue weighted by atomic mass is 79.9. The van der Waals surface area contributed by atoms with E-state index in [0.717, 1.165) is 19.8 Å². The van der Waals surface area contributed by atoms with E-state index in [4.69, 9.17) is 0 Å². The summed E-state index contributed by atoms with van der Waals surface area (Å²) in [6, 6.07) is 1.88. The van der Waals surface area contributed by atoms with E-state index in [1.165, 1.54) is 11.8 Å². The Morgan fingerprint density at radius 2 is 2.29 bits per heavy atom. The quantitative estimate of drug-likeness (QED) is 0.796. The lowest BCUT2D eigenvalue weighted by Crippen LogP contribution is -1.87. The molecular formula is C8H6BrN3S2. The monoisotopic (exact) mass is 287 g/mol. The number of hydrogen-bond acceptors (Lipinski definition) is 5. The molecule has 14 heavy (non-hydrogen) atoms. The molecule has 72 valence electrons. The van der Waals surface area contributed by atoms with Crippen molar-refractivity contribution in [2.24, 2.45) is 0 Å². The van der Waals surface area contributed by atoms with Crippen LogP contribution in [0.15, 0.2) is 31.7 Å². The van der Waals surface area contributed by atoms with E-state index in [9.17, 15) is 0 Å². The number of rotatable bonds is 2. The minimum atomic E-state index is 0.742. The molecule has 0 aliphatic rings. The molecule has 2 aromatic heterocycles. The third-order valence-electron chi connectivity index (χ3n) is 1.41. The van der Waals surface area contributed by atoms with Crippen LogP contribution in [0.2, 0.25) is 0 Å². The first-order valence-electron chi connectivity index (χ1n) is 3.82. The summed E-state index contributed by atoms with van der Waals surface area (Å²) in [4.78, 5) is 12.7. The van der Waals surface area contributed by atoms with E-state index in [1.807, 2.05) is 18.4 Å². The zero-order valence-electron chi connectivity index (χ0n) is 7.27. The molecule has 0 aliphatic carbocycles. The van der Waals surface area contributed by atoms with Crippen LogP contribution in [0.5, 0.6) is 0 Å². The molecule has 0 radical (unpaired) electrons. The number of thiazole rings is 1. The Balaban J connectivity index is 2.18. The second kappa shape index (κ2) is 4.37. The lowest BCUT2D eigenvalue weighted by molar-refractivity contribution is 0.931. The maximum absolute atomic E-state index is 4.28. The van der Waals surface area contributed by atoms with Crippen LogP contribution >= 0.6 is 39.0 Å². The molecule has 0 bridgehead atoms. The maximum atomic E-state index is 4.28. The van der Waals surface area contributed by atoms with Gasteiger partial charge in [0.1, 0.15) is 4.60 Å². The molecule has 0 saturated carbocycles. The fourth-order valence-electron chi connectivity index (χ4n) is 0.839. The lowest BCUT2D eigenvalue weighted by atomic mass is 10.5. The molecule has 2 aromatic rings. The Morgan fingerprint density at radius 1 is 1.43 bits per heavy atom. The number of aryl methyl sites for hydroxylation is 1. The highest BCUT2D eigenvalue weighted by Crippen LogP contribution is 2.29. The van der Waals surface area contributed by atoms with Gasteiger partial charge in [-0.15, -0.1) is 11.3 Å². The predicted molar refractivity (Wildman–Crippen MR) is 60.7 cm³/mol. The van der Waals surface area contributed by atoms with Gasteiger partial charge in [0, 0.05) is 17.3 Å². The van der Waals surface area contributed by atoms with Crippen molar-refractivity contribution in [1.29, 1.82) is 0 Å². The van der Waals surface area contributed by atoms with Gasteiger partial charge in [0.25, 0.3) is 0 Å². The van der Waals surface area contributed by atoms with Crippen molar-refractivity contribution in [1.82, 2.24) is 15.0 Å². The van der Waals surface area contributed by atoms with Crippen LogP contribution < -0.4 is 0 Å². The van der Waals surface area contributed by atoms with Gasteiger partial charge >= 0.3 is 0 Å². The molecule has 0 fully saturated rings. The van der Waals surface area contributed by atoms with E-state index in [2.05, 4.69) is 30.9 Å². The molecule has 0 aliphatic heterocycles. The summed E-state index contributed by atoms with van der Waals surface area (Å²) >= 11 is 6.36.